The van der Waals surface area contributed by atoms with Crippen LogP contribution in [0.3, 0.4) is 0 Å². The molecule has 3 rings (SSSR count). The van der Waals surface area contributed by atoms with E-state index in [1.165, 1.54) is 23.5 Å². The molecule has 0 atom stereocenters. The molecule has 32 heavy (non-hydrogen) atoms. The number of thioether (sulfide) groups is 1. The average molecular weight is 471 g/mol. The Morgan fingerprint density at radius 2 is 1.66 bits per heavy atom. The van der Waals surface area contributed by atoms with Gasteiger partial charge in [0.15, 0.2) is 0 Å². The molecule has 3 aromatic rings. The third-order valence-corrected chi connectivity index (χ3v) is 7.62. The number of ether oxygens (including phenoxy) is 1. The molecule has 1 amide bonds. The van der Waals surface area contributed by atoms with Gasteiger partial charge in [-0.15, -0.1) is 11.8 Å². The van der Waals surface area contributed by atoms with Crippen LogP contribution in [0.4, 0.5) is 11.4 Å². The number of nitrogens with zero attached hydrogens (tertiary/aromatic N) is 1. The number of hydrogen-bond donors (Lipinski definition) is 1. The van der Waals surface area contributed by atoms with Crippen LogP contribution in [0.5, 0.6) is 5.75 Å². The molecule has 0 aliphatic carbocycles. The highest BCUT2D eigenvalue weighted by atomic mass is 32.2. The number of carbonyl (C=O) groups excluding carboxylic acids is 1. The second-order valence-corrected chi connectivity index (χ2v) is 9.86. The summed E-state index contributed by atoms with van der Waals surface area (Å²) in [5, 5.41) is 2.80. The molecule has 0 fully saturated rings. The lowest BCUT2D eigenvalue weighted by molar-refractivity contribution is -0.115. The van der Waals surface area contributed by atoms with Crippen molar-refractivity contribution in [2.24, 2.45) is 0 Å². The van der Waals surface area contributed by atoms with E-state index in [-0.39, 0.29) is 23.8 Å². The van der Waals surface area contributed by atoms with Crippen LogP contribution >= 0.6 is 11.8 Å². The molecule has 0 saturated heterocycles. The van der Waals surface area contributed by atoms with Gasteiger partial charge in [0.1, 0.15) is 5.75 Å². The first-order valence-corrected chi connectivity index (χ1v) is 12.6. The summed E-state index contributed by atoms with van der Waals surface area (Å²) in [4.78, 5) is 13.7. The second kappa shape index (κ2) is 11.1. The first-order chi connectivity index (χ1) is 15.5. The van der Waals surface area contributed by atoms with E-state index in [1.807, 2.05) is 36.4 Å². The van der Waals surface area contributed by atoms with Gasteiger partial charge in [-0.3, -0.25) is 9.10 Å². The maximum Gasteiger partial charge on any atom is 0.264 e. The van der Waals surface area contributed by atoms with Gasteiger partial charge in [0, 0.05) is 23.6 Å². The van der Waals surface area contributed by atoms with Crippen molar-refractivity contribution in [1.29, 1.82) is 0 Å². The van der Waals surface area contributed by atoms with Gasteiger partial charge < -0.3 is 10.1 Å². The Morgan fingerprint density at radius 3 is 2.28 bits per heavy atom. The van der Waals surface area contributed by atoms with Crippen LogP contribution in [0.25, 0.3) is 0 Å². The fraction of sp³-hybridized carbons (Fsp3) is 0.208. The molecule has 0 unspecified atom stereocenters. The first kappa shape index (κ1) is 23.7. The van der Waals surface area contributed by atoms with Crippen LogP contribution in [-0.4, -0.2) is 33.7 Å². The highest BCUT2D eigenvalue weighted by Gasteiger charge is 2.25. The number of hydrogen-bond acceptors (Lipinski definition) is 5. The summed E-state index contributed by atoms with van der Waals surface area (Å²) in [5.41, 5.74) is 0.904. The van der Waals surface area contributed by atoms with Crippen molar-refractivity contribution in [3.05, 3.63) is 78.9 Å². The van der Waals surface area contributed by atoms with E-state index in [9.17, 15) is 13.2 Å². The maximum atomic E-state index is 13.3. The molecule has 0 heterocycles. The number of para-hydroxylation sites is 1. The minimum Gasteiger partial charge on any atom is -0.495 e. The number of carbonyl (C=O) groups is 1. The van der Waals surface area contributed by atoms with Gasteiger partial charge >= 0.3 is 0 Å². The lowest BCUT2D eigenvalue weighted by atomic mass is 10.3. The number of methoxy groups -OCH3 is 1. The van der Waals surface area contributed by atoms with Crippen LogP contribution in [0.2, 0.25) is 0 Å². The zero-order valence-electron chi connectivity index (χ0n) is 18.0. The smallest absolute Gasteiger partial charge is 0.264 e. The lowest BCUT2D eigenvalue weighted by Crippen LogP contribution is -2.30. The van der Waals surface area contributed by atoms with Gasteiger partial charge in [-0.1, -0.05) is 36.4 Å². The predicted octanol–water partition coefficient (Wildman–Crippen LogP) is 5.03. The van der Waals surface area contributed by atoms with Crippen LogP contribution < -0.4 is 14.4 Å². The molecule has 0 bridgehead atoms. The molecule has 168 valence electrons. The Hall–Kier alpha value is -2.97. The third-order valence-electron chi connectivity index (χ3n) is 4.71. The third kappa shape index (κ3) is 5.83. The summed E-state index contributed by atoms with van der Waals surface area (Å²) >= 11 is 1.59. The zero-order valence-corrected chi connectivity index (χ0v) is 19.7. The number of amides is 1. The van der Waals surface area contributed by atoms with E-state index in [2.05, 4.69) is 5.32 Å². The molecular formula is C24H26N2O4S2. The van der Waals surface area contributed by atoms with Crippen molar-refractivity contribution in [3.8, 4) is 5.75 Å². The molecule has 3 aromatic carbocycles. The van der Waals surface area contributed by atoms with E-state index in [0.29, 0.717) is 22.9 Å². The van der Waals surface area contributed by atoms with Crippen LogP contribution in [0.15, 0.2) is 88.7 Å². The molecule has 6 nitrogen and oxygen atoms in total. The van der Waals surface area contributed by atoms with E-state index < -0.39 is 10.0 Å². The monoisotopic (exact) mass is 470 g/mol. The van der Waals surface area contributed by atoms with Crippen molar-refractivity contribution in [3.63, 3.8) is 0 Å². The van der Waals surface area contributed by atoms with Gasteiger partial charge in [0.25, 0.3) is 10.0 Å². The standard InChI is InChI=1S/C24H26N2O4S2/c1-3-26(19-10-6-4-7-11-19)32(28,29)21-14-15-23(30-2)22(18-21)25-24(27)16-17-31-20-12-8-5-9-13-20/h4-15,18H,3,16-17H2,1-2H3,(H,25,27). The summed E-state index contributed by atoms with van der Waals surface area (Å²) in [6.07, 6.45) is 0.283. The van der Waals surface area contributed by atoms with Gasteiger partial charge in [-0.05, 0) is 49.4 Å². The van der Waals surface area contributed by atoms with Crippen LogP contribution in [0.1, 0.15) is 13.3 Å². The van der Waals surface area contributed by atoms with Crippen LogP contribution in [-0.2, 0) is 14.8 Å². The molecule has 0 aliphatic heterocycles. The Bertz CT molecular complexity index is 1140. The Morgan fingerprint density at radius 1 is 1.00 bits per heavy atom. The molecule has 1 N–H and O–H groups in total. The Balaban J connectivity index is 1.76. The molecule has 0 spiro atoms. The summed E-state index contributed by atoms with van der Waals surface area (Å²) < 4.78 is 33.3. The maximum absolute atomic E-state index is 13.3. The van der Waals surface area contributed by atoms with Crippen molar-refractivity contribution < 1.29 is 17.9 Å². The number of nitrogens with one attached hydrogen (secondary N) is 1. The van der Waals surface area contributed by atoms with Gasteiger partial charge in [0.05, 0.1) is 23.4 Å². The fourth-order valence-corrected chi connectivity index (χ4v) is 5.52. The van der Waals surface area contributed by atoms with E-state index in [0.717, 1.165) is 4.90 Å². The van der Waals surface area contributed by atoms with Crippen LogP contribution in [0, 0.1) is 0 Å². The van der Waals surface area contributed by atoms with Gasteiger partial charge in [-0.2, -0.15) is 0 Å². The number of sulfonamides is 1. The minimum absolute atomic E-state index is 0.0814. The number of benzene rings is 3. The zero-order chi connectivity index (χ0) is 23.0. The van der Waals surface area contributed by atoms with E-state index in [4.69, 9.17) is 4.74 Å². The number of rotatable bonds is 10. The normalized spacial score (nSPS) is 11.1. The molecule has 8 heteroatoms. The highest BCUT2D eigenvalue weighted by molar-refractivity contribution is 7.99. The molecular weight excluding hydrogens is 444 g/mol. The first-order valence-electron chi connectivity index (χ1n) is 10.2. The topological polar surface area (TPSA) is 75.7 Å². The molecule has 0 saturated carbocycles. The average Bonchev–Trinajstić information content (AvgIpc) is 2.80. The molecule has 0 aromatic heterocycles. The highest BCUT2D eigenvalue weighted by Crippen LogP contribution is 2.31. The Kier molecular flexibility index (Phi) is 8.19. The van der Waals surface area contributed by atoms with Gasteiger partial charge in [0.2, 0.25) is 5.91 Å². The fourth-order valence-electron chi connectivity index (χ4n) is 3.15. The van der Waals surface area contributed by atoms with Gasteiger partial charge in [-0.25, -0.2) is 8.42 Å². The minimum atomic E-state index is -3.82. The summed E-state index contributed by atoms with van der Waals surface area (Å²) in [6.45, 7) is 2.05. The summed E-state index contributed by atoms with van der Waals surface area (Å²) in [6, 6.07) is 23.2. The Labute approximate surface area is 193 Å². The second-order valence-electron chi connectivity index (χ2n) is 6.83. The quantitative estimate of drug-likeness (QED) is 0.421. The molecule has 0 radical (unpaired) electrons. The summed E-state index contributed by atoms with van der Waals surface area (Å²) in [5.74, 6) is 0.792. The lowest BCUT2D eigenvalue weighted by Gasteiger charge is -2.23. The van der Waals surface area contributed by atoms with E-state index >= 15 is 0 Å². The SMILES string of the molecule is CCN(c1ccccc1)S(=O)(=O)c1ccc(OC)c(NC(=O)CCSc2ccccc2)c1. The molecule has 0 aliphatic rings. The predicted molar refractivity (Wildman–Crippen MR) is 130 cm³/mol. The summed E-state index contributed by atoms with van der Waals surface area (Å²) in [7, 11) is -2.34. The van der Waals surface area contributed by atoms with Crippen molar-refractivity contribution >= 4 is 39.1 Å². The van der Waals surface area contributed by atoms with Crippen molar-refractivity contribution in [1.82, 2.24) is 0 Å². The number of anilines is 2. The largest absolute Gasteiger partial charge is 0.495 e. The van der Waals surface area contributed by atoms with Crippen molar-refractivity contribution in [2.75, 3.05) is 29.0 Å². The van der Waals surface area contributed by atoms with Crippen molar-refractivity contribution in [2.45, 2.75) is 23.1 Å². The van der Waals surface area contributed by atoms with E-state index in [1.54, 1.807) is 49.0 Å².